The molecule has 0 heterocycles. The van der Waals surface area contributed by atoms with Crippen molar-refractivity contribution in [1.82, 2.24) is 0 Å². The second kappa shape index (κ2) is 4.89. The van der Waals surface area contributed by atoms with Crippen LogP contribution in [-0.4, -0.2) is 5.11 Å². The maximum absolute atomic E-state index is 10.4. The van der Waals surface area contributed by atoms with E-state index >= 15 is 0 Å². The van der Waals surface area contributed by atoms with Gasteiger partial charge in [-0.25, -0.2) is 0 Å². The third-order valence-electron chi connectivity index (χ3n) is 3.68. The fraction of sp³-hybridized carbons (Fsp3) is 0.375. The van der Waals surface area contributed by atoms with Crippen molar-refractivity contribution in [3.05, 3.63) is 47.5 Å². The molecule has 0 saturated carbocycles. The SMILES string of the molecule is CCC(C)C(O)c1ccc(C)c2ccccc12. The lowest BCUT2D eigenvalue weighted by Gasteiger charge is -2.20. The lowest BCUT2D eigenvalue weighted by atomic mass is 9.90. The molecule has 1 N–H and O–H groups in total. The van der Waals surface area contributed by atoms with Crippen LogP contribution < -0.4 is 0 Å². The Balaban J connectivity index is 2.59. The number of aryl methyl sites for hydroxylation is 1. The van der Waals surface area contributed by atoms with Crippen LogP contribution in [0.5, 0.6) is 0 Å². The molecule has 1 heteroatoms. The molecule has 0 bridgehead atoms. The maximum Gasteiger partial charge on any atom is 0.0821 e. The second-order valence-electron chi connectivity index (χ2n) is 4.85. The number of aliphatic hydroxyl groups excluding tert-OH is 1. The van der Waals surface area contributed by atoms with Crippen LogP contribution in [0.1, 0.15) is 37.5 Å². The highest BCUT2D eigenvalue weighted by atomic mass is 16.3. The highest BCUT2D eigenvalue weighted by Crippen LogP contribution is 2.31. The minimum Gasteiger partial charge on any atom is -0.388 e. The van der Waals surface area contributed by atoms with E-state index in [1.165, 1.54) is 16.3 Å². The molecular weight excluding hydrogens is 208 g/mol. The molecule has 0 aliphatic heterocycles. The molecule has 0 radical (unpaired) electrons. The van der Waals surface area contributed by atoms with Crippen LogP contribution in [0.25, 0.3) is 10.8 Å². The topological polar surface area (TPSA) is 20.2 Å². The molecule has 17 heavy (non-hydrogen) atoms. The summed E-state index contributed by atoms with van der Waals surface area (Å²) in [4.78, 5) is 0. The van der Waals surface area contributed by atoms with Crippen molar-refractivity contribution < 1.29 is 5.11 Å². The van der Waals surface area contributed by atoms with Crippen LogP contribution in [0.4, 0.5) is 0 Å². The third-order valence-corrected chi connectivity index (χ3v) is 3.68. The summed E-state index contributed by atoms with van der Waals surface area (Å²) in [5, 5.41) is 12.8. The van der Waals surface area contributed by atoms with Crippen molar-refractivity contribution >= 4 is 10.8 Å². The van der Waals surface area contributed by atoms with E-state index in [1.54, 1.807) is 0 Å². The average molecular weight is 228 g/mol. The summed E-state index contributed by atoms with van der Waals surface area (Å²) in [5.74, 6) is 0.293. The van der Waals surface area contributed by atoms with Gasteiger partial charge in [0.25, 0.3) is 0 Å². The number of hydrogen-bond acceptors (Lipinski definition) is 1. The van der Waals surface area contributed by atoms with Crippen LogP contribution in [-0.2, 0) is 0 Å². The fourth-order valence-electron chi connectivity index (χ4n) is 2.26. The van der Waals surface area contributed by atoms with Crippen LogP contribution in [0.3, 0.4) is 0 Å². The van der Waals surface area contributed by atoms with E-state index in [-0.39, 0.29) is 6.10 Å². The molecule has 0 amide bonds. The lowest BCUT2D eigenvalue weighted by molar-refractivity contribution is 0.117. The fourth-order valence-corrected chi connectivity index (χ4v) is 2.26. The predicted molar refractivity (Wildman–Crippen MR) is 73.1 cm³/mol. The third kappa shape index (κ3) is 2.20. The molecule has 2 rings (SSSR count). The zero-order valence-corrected chi connectivity index (χ0v) is 10.8. The van der Waals surface area contributed by atoms with Crippen molar-refractivity contribution in [2.45, 2.75) is 33.3 Å². The van der Waals surface area contributed by atoms with E-state index < -0.39 is 0 Å². The summed E-state index contributed by atoms with van der Waals surface area (Å²) in [6.07, 6.45) is 0.620. The van der Waals surface area contributed by atoms with Gasteiger partial charge in [-0.2, -0.15) is 0 Å². The predicted octanol–water partition coefficient (Wildman–Crippen LogP) is 4.23. The molecule has 0 aliphatic rings. The number of aliphatic hydroxyl groups is 1. The van der Waals surface area contributed by atoms with Gasteiger partial charge in [0.2, 0.25) is 0 Å². The molecule has 2 atom stereocenters. The molecule has 1 nitrogen and oxygen atoms in total. The van der Waals surface area contributed by atoms with Gasteiger partial charge in [0.1, 0.15) is 0 Å². The second-order valence-corrected chi connectivity index (χ2v) is 4.85. The van der Waals surface area contributed by atoms with Gasteiger partial charge in [0.05, 0.1) is 6.10 Å². The highest BCUT2D eigenvalue weighted by Gasteiger charge is 2.17. The minimum absolute atomic E-state index is 0.293. The molecule has 90 valence electrons. The monoisotopic (exact) mass is 228 g/mol. The van der Waals surface area contributed by atoms with Crippen molar-refractivity contribution in [2.24, 2.45) is 5.92 Å². The zero-order valence-electron chi connectivity index (χ0n) is 10.8. The Kier molecular flexibility index (Phi) is 3.49. The Labute approximate surface area is 103 Å². The number of hydrogen-bond donors (Lipinski definition) is 1. The van der Waals surface area contributed by atoms with Crippen molar-refractivity contribution in [3.63, 3.8) is 0 Å². The first-order chi connectivity index (χ1) is 8.15. The van der Waals surface area contributed by atoms with Crippen LogP contribution in [0.2, 0.25) is 0 Å². The largest absolute Gasteiger partial charge is 0.388 e. The summed E-state index contributed by atoms with van der Waals surface area (Å²) >= 11 is 0. The first kappa shape index (κ1) is 12.1. The van der Waals surface area contributed by atoms with Crippen molar-refractivity contribution in [2.75, 3.05) is 0 Å². The molecule has 2 unspecified atom stereocenters. The zero-order chi connectivity index (χ0) is 12.4. The molecule has 0 saturated heterocycles. The summed E-state index contributed by atoms with van der Waals surface area (Å²) in [6, 6.07) is 12.5. The number of fused-ring (bicyclic) bond motifs is 1. The van der Waals surface area contributed by atoms with E-state index in [0.717, 1.165) is 12.0 Å². The van der Waals surface area contributed by atoms with E-state index in [2.05, 4.69) is 51.1 Å². The van der Waals surface area contributed by atoms with Crippen LogP contribution in [0, 0.1) is 12.8 Å². The molecule has 0 aliphatic carbocycles. The highest BCUT2D eigenvalue weighted by molar-refractivity contribution is 5.88. The van der Waals surface area contributed by atoms with Gasteiger partial charge in [-0.1, -0.05) is 56.7 Å². The van der Waals surface area contributed by atoms with Crippen molar-refractivity contribution in [3.8, 4) is 0 Å². The van der Waals surface area contributed by atoms with Gasteiger partial charge in [0, 0.05) is 0 Å². The van der Waals surface area contributed by atoms with Crippen LogP contribution in [0.15, 0.2) is 36.4 Å². The molecule has 2 aromatic rings. The molecule has 2 aromatic carbocycles. The Bertz CT molecular complexity index is 516. The summed E-state index contributed by atoms with van der Waals surface area (Å²) in [6.45, 7) is 6.32. The van der Waals surface area contributed by atoms with E-state index in [9.17, 15) is 5.11 Å². The van der Waals surface area contributed by atoms with E-state index in [1.807, 2.05) is 6.07 Å². The Morgan fingerprint density at radius 2 is 1.71 bits per heavy atom. The maximum atomic E-state index is 10.4. The molecule has 0 fully saturated rings. The molecular formula is C16H20O. The van der Waals surface area contributed by atoms with E-state index in [0.29, 0.717) is 5.92 Å². The van der Waals surface area contributed by atoms with Gasteiger partial charge in [0.15, 0.2) is 0 Å². The molecule has 0 aromatic heterocycles. The summed E-state index contributed by atoms with van der Waals surface area (Å²) in [5.41, 5.74) is 2.32. The number of benzene rings is 2. The Morgan fingerprint density at radius 1 is 1.06 bits per heavy atom. The molecule has 0 spiro atoms. The lowest BCUT2D eigenvalue weighted by Crippen LogP contribution is -2.08. The quantitative estimate of drug-likeness (QED) is 0.833. The first-order valence-electron chi connectivity index (χ1n) is 6.31. The van der Waals surface area contributed by atoms with Crippen molar-refractivity contribution in [1.29, 1.82) is 0 Å². The van der Waals surface area contributed by atoms with Gasteiger partial charge in [-0.3, -0.25) is 0 Å². The van der Waals surface area contributed by atoms with Gasteiger partial charge >= 0.3 is 0 Å². The van der Waals surface area contributed by atoms with Crippen LogP contribution >= 0.6 is 0 Å². The van der Waals surface area contributed by atoms with Gasteiger partial charge < -0.3 is 5.11 Å². The van der Waals surface area contributed by atoms with E-state index in [4.69, 9.17) is 0 Å². The van der Waals surface area contributed by atoms with Gasteiger partial charge in [-0.05, 0) is 34.7 Å². The normalized spacial score (nSPS) is 14.8. The average Bonchev–Trinajstić information content (AvgIpc) is 2.38. The summed E-state index contributed by atoms with van der Waals surface area (Å²) < 4.78 is 0. The Morgan fingerprint density at radius 3 is 2.35 bits per heavy atom. The number of rotatable bonds is 3. The van der Waals surface area contributed by atoms with Gasteiger partial charge in [-0.15, -0.1) is 0 Å². The minimum atomic E-state index is -0.370. The summed E-state index contributed by atoms with van der Waals surface area (Å²) in [7, 11) is 0. The standard InChI is InChI=1S/C16H20O/c1-4-11(2)16(17)15-10-9-12(3)13-7-5-6-8-14(13)15/h5-11,16-17H,4H2,1-3H3. The Hall–Kier alpha value is -1.34. The smallest absolute Gasteiger partial charge is 0.0821 e. The first-order valence-corrected chi connectivity index (χ1v) is 6.31.